The van der Waals surface area contributed by atoms with Crippen LogP contribution in [0.25, 0.3) is 11.4 Å². The van der Waals surface area contributed by atoms with Crippen LogP contribution in [0.15, 0.2) is 46.0 Å². The third-order valence-corrected chi connectivity index (χ3v) is 4.91. The molecule has 0 saturated carbocycles. The summed E-state index contributed by atoms with van der Waals surface area (Å²) < 4.78 is 7.46. The second-order valence-electron chi connectivity index (χ2n) is 6.88. The predicted molar refractivity (Wildman–Crippen MR) is 102 cm³/mol. The van der Waals surface area contributed by atoms with Gasteiger partial charge in [0.25, 0.3) is 0 Å². The summed E-state index contributed by atoms with van der Waals surface area (Å²) in [7, 11) is 0. The second kappa shape index (κ2) is 6.12. The number of hydrogen-bond acceptors (Lipinski definition) is 5. The highest BCUT2D eigenvalue weighted by Crippen LogP contribution is 2.36. The number of carbonyl (C=O) groups excluding carboxylic acids is 1. The van der Waals surface area contributed by atoms with Crippen LogP contribution >= 0.6 is 0 Å². The summed E-state index contributed by atoms with van der Waals surface area (Å²) in [5.41, 5.74) is 10.0. The van der Waals surface area contributed by atoms with Gasteiger partial charge in [0.1, 0.15) is 17.6 Å². The minimum absolute atomic E-state index is 0.411. The molecule has 4 rings (SSSR count). The Hall–Kier alpha value is -3.35. The number of carbonyl (C=O) groups is 1. The Balaban J connectivity index is 1.87. The van der Waals surface area contributed by atoms with E-state index in [9.17, 15) is 4.79 Å². The quantitative estimate of drug-likeness (QED) is 0.744. The van der Waals surface area contributed by atoms with Crippen LogP contribution in [0.3, 0.4) is 0 Å². The van der Waals surface area contributed by atoms with Gasteiger partial charge in [-0.05, 0) is 57.0 Å². The lowest BCUT2D eigenvalue weighted by Crippen LogP contribution is -2.31. The van der Waals surface area contributed by atoms with Crippen molar-refractivity contribution in [3.63, 3.8) is 0 Å². The van der Waals surface area contributed by atoms with E-state index in [1.54, 1.807) is 11.6 Å². The standard InChI is InChI=1S/C20H21N5O2/c1-10-5-7-14(9-11(10)2)19-23-20-22-13(4)16(18(21)26)17(25(20)24-19)15-8-6-12(3)27-15/h5-9,17H,1-4H3,(H2,21,26)(H,22,23,24). The number of rotatable bonds is 3. The highest BCUT2D eigenvalue weighted by Gasteiger charge is 2.35. The number of nitrogens with two attached hydrogens (primary N) is 1. The maximum atomic E-state index is 12.1. The molecule has 1 aromatic carbocycles. The van der Waals surface area contributed by atoms with E-state index in [-0.39, 0.29) is 0 Å². The van der Waals surface area contributed by atoms with Crippen LogP contribution < -0.4 is 11.1 Å². The van der Waals surface area contributed by atoms with E-state index >= 15 is 0 Å². The number of fused-ring (bicyclic) bond motifs is 1. The van der Waals surface area contributed by atoms with Crippen LogP contribution in [0.2, 0.25) is 0 Å². The molecule has 1 aliphatic rings. The molecule has 27 heavy (non-hydrogen) atoms. The monoisotopic (exact) mass is 363 g/mol. The Morgan fingerprint density at radius 1 is 1.15 bits per heavy atom. The largest absolute Gasteiger partial charge is 0.464 e. The van der Waals surface area contributed by atoms with Crippen molar-refractivity contribution < 1.29 is 9.21 Å². The van der Waals surface area contributed by atoms with Crippen LogP contribution in [0, 0.1) is 20.8 Å². The highest BCUT2D eigenvalue weighted by atomic mass is 16.3. The molecule has 0 bridgehead atoms. The normalized spacial score (nSPS) is 16.2. The number of hydrogen-bond donors (Lipinski definition) is 2. The third-order valence-electron chi connectivity index (χ3n) is 4.91. The number of furan rings is 1. The molecule has 1 aliphatic heterocycles. The molecule has 3 aromatic rings. The number of aromatic nitrogens is 3. The van der Waals surface area contributed by atoms with Crippen molar-refractivity contribution in [1.82, 2.24) is 14.8 Å². The Kier molecular flexibility index (Phi) is 3.87. The van der Waals surface area contributed by atoms with Crippen molar-refractivity contribution in [3.8, 4) is 11.4 Å². The number of primary amides is 1. The number of nitrogens with zero attached hydrogens (tertiary/aromatic N) is 3. The molecule has 0 spiro atoms. The average molecular weight is 363 g/mol. The Labute approximate surface area is 156 Å². The smallest absolute Gasteiger partial charge is 0.249 e. The van der Waals surface area contributed by atoms with E-state index in [1.807, 2.05) is 31.2 Å². The van der Waals surface area contributed by atoms with E-state index in [0.29, 0.717) is 28.8 Å². The van der Waals surface area contributed by atoms with Gasteiger partial charge in [0.05, 0.1) is 5.57 Å². The first-order valence-corrected chi connectivity index (χ1v) is 8.73. The molecule has 3 heterocycles. The van der Waals surface area contributed by atoms with Gasteiger partial charge in [-0.15, -0.1) is 5.10 Å². The van der Waals surface area contributed by atoms with E-state index < -0.39 is 11.9 Å². The van der Waals surface area contributed by atoms with Gasteiger partial charge < -0.3 is 15.5 Å². The molecule has 2 aromatic heterocycles. The molecule has 138 valence electrons. The van der Waals surface area contributed by atoms with Gasteiger partial charge in [-0.1, -0.05) is 12.1 Å². The molecular weight excluding hydrogens is 342 g/mol. The van der Waals surface area contributed by atoms with Gasteiger partial charge in [0.15, 0.2) is 5.82 Å². The number of aryl methyl sites for hydroxylation is 3. The number of anilines is 1. The lowest BCUT2D eigenvalue weighted by molar-refractivity contribution is -0.115. The fraction of sp³-hybridized carbons (Fsp3) is 0.250. The van der Waals surface area contributed by atoms with Crippen molar-refractivity contribution in [2.75, 3.05) is 5.32 Å². The fourth-order valence-electron chi connectivity index (χ4n) is 3.34. The van der Waals surface area contributed by atoms with Crippen molar-refractivity contribution in [2.45, 2.75) is 33.7 Å². The molecule has 0 saturated heterocycles. The summed E-state index contributed by atoms with van der Waals surface area (Å²) in [5.74, 6) is 1.95. The maximum absolute atomic E-state index is 12.1. The number of nitrogens with one attached hydrogen (secondary N) is 1. The Morgan fingerprint density at radius 2 is 1.93 bits per heavy atom. The van der Waals surface area contributed by atoms with Gasteiger partial charge >= 0.3 is 0 Å². The average Bonchev–Trinajstić information content (AvgIpc) is 3.21. The molecule has 3 N–H and O–H groups in total. The van der Waals surface area contributed by atoms with Crippen LogP contribution in [-0.4, -0.2) is 20.7 Å². The number of allylic oxidation sites excluding steroid dienone is 1. The molecule has 7 heteroatoms. The first-order valence-electron chi connectivity index (χ1n) is 8.73. The first kappa shape index (κ1) is 17.1. The van der Waals surface area contributed by atoms with Crippen LogP contribution in [0.5, 0.6) is 0 Å². The minimum Gasteiger partial charge on any atom is -0.464 e. The minimum atomic E-state index is -0.555. The van der Waals surface area contributed by atoms with Crippen molar-refractivity contribution in [3.05, 3.63) is 64.2 Å². The molecule has 0 radical (unpaired) electrons. The van der Waals surface area contributed by atoms with Crippen LogP contribution in [-0.2, 0) is 4.79 Å². The Bertz CT molecular complexity index is 1090. The van der Waals surface area contributed by atoms with Crippen molar-refractivity contribution in [1.29, 1.82) is 0 Å². The van der Waals surface area contributed by atoms with E-state index in [0.717, 1.165) is 11.3 Å². The molecule has 1 unspecified atom stereocenters. The number of benzene rings is 1. The molecular formula is C20H21N5O2. The van der Waals surface area contributed by atoms with E-state index in [4.69, 9.17) is 10.2 Å². The number of amides is 1. The van der Waals surface area contributed by atoms with E-state index in [1.165, 1.54) is 11.1 Å². The van der Waals surface area contributed by atoms with Gasteiger partial charge in [0.2, 0.25) is 11.9 Å². The summed E-state index contributed by atoms with van der Waals surface area (Å²) in [6.45, 7) is 7.77. The SMILES string of the molecule is CC1=C(C(N)=O)C(c2ccc(C)o2)n2nc(-c3ccc(C)c(C)c3)nc2N1. The summed E-state index contributed by atoms with van der Waals surface area (Å²) in [6.07, 6.45) is 0. The lowest BCUT2D eigenvalue weighted by atomic mass is 10.0. The van der Waals surface area contributed by atoms with Gasteiger partial charge in [-0.2, -0.15) is 4.98 Å². The molecule has 0 fully saturated rings. The predicted octanol–water partition coefficient (Wildman–Crippen LogP) is 3.24. The molecule has 0 aliphatic carbocycles. The van der Waals surface area contributed by atoms with Crippen molar-refractivity contribution in [2.24, 2.45) is 5.73 Å². The lowest BCUT2D eigenvalue weighted by Gasteiger charge is -2.25. The molecule has 7 nitrogen and oxygen atoms in total. The third kappa shape index (κ3) is 2.81. The first-order chi connectivity index (χ1) is 12.8. The van der Waals surface area contributed by atoms with Crippen molar-refractivity contribution >= 4 is 11.9 Å². The van der Waals surface area contributed by atoms with Gasteiger partial charge in [0, 0.05) is 11.3 Å². The van der Waals surface area contributed by atoms with E-state index in [2.05, 4.69) is 35.3 Å². The summed E-state index contributed by atoms with van der Waals surface area (Å²) in [4.78, 5) is 16.8. The maximum Gasteiger partial charge on any atom is 0.249 e. The van der Waals surface area contributed by atoms with Crippen LogP contribution in [0.1, 0.15) is 35.6 Å². The topological polar surface area (TPSA) is 99.0 Å². The highest BCUT2D eigenvalue weighted by molar-refractivity contribution is 5.95. The van der Waals surface area contributed by atoms with Crippen LogP contribution in [0.4, 0.5) is 5.95 Å². The Morgan fingerprint density at radius 3 is 2.56 bits per heavy atom. The van der Waals surface area contributed by atoms with Gasteiger partial charge in [-0.3, -0.25) is 4.79 Å². The zero-order valence-corrected chi connectivity index (χ0v) is 15.7. The zero-order chi connectivity index (χ0) is 19.3. The summed E-state index contributed by atoms with van der Waals surface area (Å²) >= 11 is 0. The zero-order valence-electron chi connectivity index (χ0n) is 15.7. The van der Waals surface area contributed by atoms with Gasteiger partial charge in [-0.25, -0.2) is 4.68 Å². The fourth-order valence-corrected chi connectivity index (χ4v) is 3.34. The molecule has 1 atom stereocenters. The second-order valence-corrected chi connectivity index (χ2v) is 6.88. The molecule has 1 amide bonds. The summed E-state index contributed by atoms with van der Waals surface area (Å²) in [6, 6.07) is 9.22. The summed E-state index contributed by atoms with van der Waals surface area (Å²) in [5, 5.41) is 7.81.